The highest BCUT2D eigenvalue weighted by Crippen LogP contribution is 2.29. The zero-order valence-corrected chi connectivity index (χ0v) is 20.9. The second kappa shape index (κ2) is 12.1. The quantitative estimate of drug-likeness (QED) is 0.525. The number of morpholine rings is 1. The van der Waals surface area contributed by atoms with Crippen molar-refractivity contribution in [1.29, 1.82) is 0 Å². The Bertz CT molecular complexity index is 1050. The summed E-state index contributed by atoms with van der Waals surface area (Å²) < 4.78 is 49.9. The molecule has 9 nitrogen and oxygen atoms in total. The van der Waals surface area contributed by atoms with Gasteiger partial charge < -0.3 is 19.0 Å². The van der Waals surface area contributed by atoms with Crippen LogP contribution in [0.4, 0.5) is 13.2 Å². The van der Waals surface area contributed by atoms with Crippen LogP contribution >= 0.6 is 0 Å². The Morgan fingerprint density at radius 2 is 1.62 bits per heavy atom. The molecular formula is C25H32F3N5O4. The standard InChI is InChI=1S/C25H32F3N5O4/c1-19(34)32-8-10-33(11-9-32)24(35)22-18-37-23(29-22)17-31(7-6-30-12-14-36-15-13-30)16-20-2-4-21(5-3-20)25(26,27)28/h2-5,18H,6-17H2,1H3. The van der Waals surface area contributed by atoms with Crippen LogP contribution in [0.25, 0.3) is 0 Å². The molecule has 12 heteroatoms. The van der Waals surface area contributed by atoms with Crippen LogP contribution in [0.2, 0.25) is 0 Å². The van der Waals surface area contributed by atoms with E-state index in [0.29, 0.717) is 64.9 Å². The number of halogens is 3. The zero-order valence-electron chi connectivity index (χ0n) is 20.9. The van der Waals surface area contributed by atoms with Gasteiger partial charge in [0.25, 0.3) is 5.91 Å². The number of carbonyl (C=O) groups is 2. The smallest absolute Gasteiger partial charge is 0.416 e. The fraction of sp³-hybridized carbons (Fsp3) is 0.560. The summed E-state index contributed by atoms with van der Waals surface area (Å²) in [6.07, 6.45) is -3.04. The van der Waals surface area contributed by atoms with Gasteiger partial charge in [0.1, 0.15) is 6.26 Å². The van der Waals surface area contributed by atoms with Crippen molar-refractivity contribution in [2.75, 3.05) is 65.6 Å². The van der Waals surface area contributed by atoms with Crippen LogP contribution in [0.1, 0.15) is 34.4 Å². The molecule has 2 fully saturated rings. The lowest BCUT2D eigenvalue weighted by Gasteiger charge is -2.33. The first-order chi connectivity index (χ1) is 17.7. The maximum atomic E-state index is 13.0. The van der Waals surface area contributed by atoms with E-state index in [1.54, 1.807) is 9.80 Å². The molecule has 0 spiro atoms. The van der Waals surface area contributed by atoms with Crippen molar-refractivity contribution in [3.8, 4) is 0 Å². The fourth-order valence-corrected chi connectivity index (χ4v) is 4.44. The van der Waals surface area contributed by atoms with E-state index in [4.69, 9.17) is 9.15 Å². The summed E-state index contributed by atoms with van der Waals surface area (Å²) in [5.41, 5.74) is 0.256. The number of benzene rings is 1. The van der Waals surface area contributed by atoms with E-state index in [1.165, 1.54) is 25.3 Å². The molecule has 0 N–H and O–H groups in total. The fourth-order valence-electron chi connectivity index (χ4n) is 4.44. The number of hydrogen-bond acceptors (Lipinski definition) is 7. The largest absolute Gasteiger partial charge is 0.447 e. The highest BCUT2D eigenvalue weighted by Gasteiger charge is 2.30. The number of ether oxygens (including phenoxy) is 1. The monoisotopic (exact) mass is 523 g/mol. The number of alkyl halides is 3. The van der Waals surface area contributed by atoms with E-state index in [0.717, 1.165) is 37.3 Å². The van der Waals surface area contributed by atoms with E-state index >= 15 is 0 Å². The average Bonchev–Trinajstić information content (AvgIpc) is 3.36. The number of nitrogens with zero attached hydrogens (tertiary/aromatic N) is 5. The Balaban J connectivity index is 1.40. The second-order valence-electron chi connectivity index (χ2n) is 9.28. The molecule has 2 aromatic rings. The number of hydrogen-bond donors (Lipinski definition) is 0. The van der Waals surface area contributed by atoms with Gasteiger partial charge >= 0.3 is 6.18 Å². The third kappa shape index (κ3) is 7.53. The molecule has 2 amide bonds. The van der Waals surface area contributed by atoms with Gasteiger partial charge in [-0.15, -0.1) is 0 Å². The molecule has 1 aromatic carbocycles. The van der Waals surface area contributed by atoms with Crippen LogP contribution in [-0.4, -0.2) is 102 Å². The zero-order chi connectivity index (χ0) is 26.4. The first-order valence-electron chi connectivity index (χ1n) is 12.4. The van der Waals surface area contributed by atoms with Crippen LogP contribution in [0.5, 0.6) is 0 Å². The Morgan fingerprint density at radius 3 is 2.24 bits per heavy atom. The molecule has 4 rings (SSSR count). The van der Waals surface area contributed by atoms with Crippen LogP contribution in [-0.2, 0) is 28.8 Å². The molecule has 202 valence electrons. The Morgan fingerprint density at radius 1 is 0.973 bits per heavy atom. The van der Waals surface area contributed by atoms with Gasteiger partial charge in [-0.05, 0) is 17.7 Å². The van der Waals surface area contributed by atoms with E-state index in [2.05, 4.69) is 9.88 Å². The molecule has 2 saturated heterocycles. The topological polar surface area (TPSA) is 82.4 Å². The van der Waals surface area contributed by atoms with Gasteiger partial charge in [-0.1, -0.05) is 12.1 Å². The van der Waals surface area contributed by atoms with E-state index in [1.807, 2.05) is 4.90 Å². The van der Waals surface area contributed by atoms with Gasteiger partial charge in [-0.3, -0.25) is 19.4 Å². The SMILES string of the molecule is CC(=O)N1CCN(C(=O)c2coc(CN(CCN3CCOCC3)Cc3ccc(C(F)(F)F)cc3)n2)CC1. The summed E-state index contributed by atoms with van der Waals surface area (Å²) in [5, 5.41) is 0. The summed E-state index contributed by atoms with van der Waals surface area (Å²) in [4.78, 5) is 36.5. The highest BCUT2D eigenvalue weighted by atomic mass is 19.4. The van der Waals surface area contributed by atoms with Crippen LogP contribution < -0.4 is 0 Å². The van der Waals surface area contributed by atoms with Crippen molar-refractivity contribution in [2.24, 2.45) is 0 Å². The molecule has 3 heterocycles. The highest BCUT2D eigenvalue weighted by molar-refractivity contribution is 5.92. The molecule has 0 radical (unpaired) electrons. The van der Waals surface area contributed by atoms with E-state index < -0.39 is 11.7 Å². The molecule has 0 saturated carbocycles. The predicted molar refractivity (Wildman–Crippen MR) is 127 cm³/mol. The van der Waals surface area contributed by atoms with Gasteiger partial charge in [-0.25, -0.2) is 4.98 Å². The Hall–Kier alpha value is -2.96. The van der Waals surface area contributed by atoms with Gasteiger partial charge in [0.2, 0.25) is 11.8 Å². The average molecular weight is 524 g/mol. The lowest BCUT2D eigenvalue weighted by Crippen LogP contribution is -2.50. The van der Waals surface area contributed by atoms with E-state index in [9.17, 15) is 22.8 Å². The van der Waals surface area contributed by atoms with Crippen molar-refractivity contribution in [3.05, 3.63) is 53.2 Å². The van der Waals surface area contributed by atoms with E-state index in [-0.39, 0.29) is 17.5 Å². The summed E-state index contributed by atoms with van der Waals surface area (Å²) >= 11 is 0. The molecule has 0 atom stereocenters. The van der Waals surface area contributed by atoms with Crippen LogP contribution in [0.3, 0.4) is 0 Å². The minimum Gasteiger partial charge on any atom is -0.447 e. The van der Waals surface area contributed by atoms with Crippen LogP contribution in [0, 0.1) is 0 Å². The number of carbonyl (C=O) groups excluding carboxylic acids is 2. The van der Waals surface area contributed by atoms with Gasteiger partial charge in [0.15, 0.2) is 5.69 Å². The third-order valence-corrected chi connectivity index (χ3v) is 6.67. The summed E-state index contributed by atoms with van der Waals surface area (Å²) in [6, 6.07) is 5.14. The molecular weight excluding hydrogens is 491 g/mol. The summed E-state index contributed by atoms with van der Waals surface area (Å²) in [7, 11) is 0. The Kier molecular flexibility index (Phi) is 8.83. The molecule has 2 aliphatic heterocycles. The number of rotatable bonds is 8. The number of aromatic nitrogens is 1. The summed E-state index contributed by atoms with van der Waals surface area (Å²) in [6.45, 7) is 8.43. The minimum absolute atomic E-state index is 0.0129. The van der Waals surface area contributed by atoms with Gasteiger partial charge in [0, 0.05) is 65.8 Å². The lowest BCUT2D eigenvalue weighted by atomic mass is 10.1. The molecule has 0 unspecified atom stereocenters. The van der Waals surface area contributed by atoms with Crippen molar-refractivity contribution in [2.45, 2.75) is 26.2 Å². The lowest BCUT2D eigenvalue weighted by molar-refractivity contribution is -0.137. The Labute approximate surface area is 213 Å². The van der Waals surface area contributed by atoms with Crippen LogP contribution in [0.15, 0.2) is 34.9 Å². The molecule has 2 aliphatic rings. The van der Waals surface area contributed by atoms with Gasteiger partial charge in [-0.2, -0.15) is 13.2 Å². The first kappa shape index (κ1) is 27.1. The molecule has 0 aliphatic carbocycles. The van der Waals surface area contributed by atoms with Crippen molar-refractivity contribution in [1.82, 2.24) is 24.6 Å². The number of oxazole rings is 1. The first-order valence-corrected chi connectivity index (χ1v) is 12.4. The minimum atomic E-state index is -4.38. The number of piperazine rings is 1. The summed E-state index contributed by atoms with van der Waals surface area (Å²) in [5.74, 6) is 0.0986. The normalized spacial score (nSPS) is 17.4. The maximum absolute atomic E-state index is 13.0. The third-order valence-electron chi connectivity index (χ3n) is 6.67. The van der Waals surface area contributed by atoms with Crippen molar-refractivity contribution in [3.63, 3.8) is 0 Å². The molecule has 1 aromatic heterocycles. The van der Waals surface area contributed by atoms with Gasteiger partial charge in [0.05, 0.1) is 25.3 Å². The second-order valence-corrected chi connectivity index (χ2v) is 9.28. The molecule has 0 bridgehead atoms. The van der Waals surface area contributed by atoms with Crippen molar-refractivity contribution >= 4 is 11.8 Å². The number of amides is 2. The molecule has 37 heavy (non-hydrogen) atoms. The van der Waals surface area contributed by atoms with Crippen molar-refractivity contribution < 1.29 is 31.9 Å². The predicted octanol–water partition coefficient (Wildman–Crippen LogP) is 2.33. The maximum Gasteiger partial charge on any atom is 0.416 e.